The minimum Gasteiger partial charge on any atom is -0.454 e. The molecule has 214 valence electrons. The van der Waals surface area contributed by atoms with Gasteiger partial charge in [-0.25, -0.2) is 0 Å². The Labute approximate surface area is 262 Å². The van der Waals surface area contributed by atoms with Gasteiger partial charge in [-0.3, -0.25) is 0 Å². The highest BCUT2D eigenvalue weighted by atomic mass is 16.3. The molecule has 0 saturated heterocycles. The van der Waals surface area contributed by atoms with Gasteiger partial charge in [0.15, 0.2) is 5.58 Å². The van der Waals surface area contributed by atoms with E-state index >= 15 is 0 Å². The first-order valence-electron chi connectivity index (χ1n) is 15.6. The molecule has 45 heavy (non-hydrogen) atoms. The zero-order valence-corrected chi connectivity index (χ0v) is 25.3. The molecule has 0 amide bonds. The molecule has 1 heterocycles. The summed E-state index contributed by atoms with van der Waals surface area (Å²) in [7, 11) is 0. The van der Waals surface area contributed by atoms with Crippen molar-refractivity contribution in [2.24, 2.45) is 0 Å². The third kappa shape index (κ3) is 3.96. The second-order valence-electron chi connectivity index (χ2n) is 12.6. The fourth-order valence-electron chi connectivity index (χ4n) is 7.33. The molecular weight excluding hydrogens is 546 g/mol. The minimum absolute atomic E-state index is 0.0653. The Morgan fingerprint density at radius 1 is 0.489 bits per heavy atom. The highest BCUT2D eigenvalue weighted by Crippen LogP contribution is 2.51. The predicted octanol–water partition coefficient (Wildman–Crippen LogP) is 12.2. The van der Waals surface area contributed by atoms with Gasteiger partial charge in [0.05, 0.1) is 5.69 Å². The first-order chi connectivity index (χ1) is 22.1. The first kappa shape index (κ1) is 25.9. The van der Waals surface area contributed by atoms with Gasteiger partial charge in [0.25, 0.3) is 0 Å². The quantitative estimate of drug-likeness (QED) is 0.207. The Kier molecular flexibility index (Phi) is 5.58. The van der Waals surface area contributed by atoms with Crippen molar-refractivity contribution in [2.75, 3.05) is 4.90 Å². The lowest BCUT2D eigenvalue weighted by Crippen LogP contribution is -2.14. The van der Waals surface area contributed by atoms with E-state index in [2.05, 4.69) is 170 Å². The van der Waals surface area contributed by atoms with E-state index in [9.17, 15) is 0 Å². The molecule has 0 aliphatic heterocycles. The van der Waals surface area contributed by atoms with Gasteiger partial charge in [0.1, 0.15) is 5.58 Å². The van der Waals surface area contributed by atoms with E-state index in [0.29, 0.717) is 0 Å². The molecule has 0 fully saturated rings. The summed E-state index contributed by atoms with van der Waals surface area (Å²) in [5, 5.41) is 4.79. The predicted molar refractivity (Wildman–Crippen MR) is 189 cm³/mol. The highest BCUT2D eigenvalue weighted by molar-refractivity contribution is 6.12. The van der Waals surface area contributed by atoms with Crippen LogP contribution in [-0.2, 0) is 5.41 Å². The number of fused-ring (bicyclic) bond motifs is 7. The van der Waals surface area contributed by atoms with Gasteiger partial charge in [-0.1, -0.05) is 117 Å². The van der Waals surface area contributed by atoms with Crippen LogP contribution in [0.15, 0.2) is 156 Å². The maximum Gasteiger partial charge on any atom is 0.159 e. The molecule has 7 aromatic carbocycles. The minimum atomic E-state index is -0.0653. The van der Waals surface area contributed by atoms with Gasteiger partial charge in [-0.2, -0.15) is 0 Å². The zero-order valence-electron chi connectivity index (χ0n) is 25.3. The van der Waals surface area contributed by atoms with E-state index in [4.69, 9.17) is 4.42 Å². The number of nitrogens with zero attached hydrogens (tertiary/aromatic N) is 1. The maximum atomic E-state index is 6.81. The number of hydrogen-bond acceptors (Lipinski definition) is 2. The number of anilines is 3. The number of furan rings is 1. The molecule has 0 atom stereocenters. The summed E-state index contributed by atoms with van der Waals surface area (Å²) < 4.78 is 6.81. The largest absolute Gasteiger partial charge is 0.454 e. The van der Waals surface area contributed by atoms with Crippen LogP contribution in [0.5, 0.6) is 0 Å². The molecular formula is C43H31NO. The Balaban J connectivity index is 1.20. The van der Waals surface area contributed by atoms with Crippen molar-refractivity contribution in [3.8, 4) is 22.3 Å². The monoisotopic (exact) mass is 577 g/mol. The van der Waals surface area contributed by atoms with Gasteiger partial charge in [0, 0.05) is 27.6 Å². The van der Waals surface area contributed by atoms with Gasteiger partial charge in [-0.05, 0) is 92.7 Å². The molecule has 1 aliphatic rings. The van der Waals surface area contributed by atoms with Crippen LogP contribution < -0.4 is 4.90 Å². The summed E-state index contributed by atoms with van der Waals surface area (Å²) in [6, 6.07) is 54.5. The van der Waals surface area contributed by atoms with Crippen molar-refractivity contribution in [1.29, 1.82) is 0 Å². The Morgan fingerprint density at radius 3 is 2.04 bits per heavy atom. The Morgan fingerprint density at radius 2 is 1.20 bits per heavy atom. The second kappa shape index (κ2) is 9.70. The van der Waals surface area contributed by atoms with Gasteiger partial charge < -0.3 is 9.32 Å². The van der Waals surface area contributed by atoms with Crippen LogP contribution in [0.1, 0.15) is 25.0 Å². The van der Waals surface area contributed by atoms with E-state index in [0.717, 1.165) is 39.0 Å². The summed E-state index contributed by atoms with van der Waals surface area (Å²) in [6.45, 7) is 4.66. The molecule has 0 saturated carbocycles. The molecule has 0 radical (unpaired) electrons. The topological polar surface area (TPSA) is 16.4 Å². The van der Waals surface area contributed by atoms with E-state index in [-0.39, 0.29) is 5.41 Å². The van der Waals surface area contributed by atoms with Gasteiger partial charge >= 0.3 is 0 Å². The van der Waals surface area contributed by atoms with Crippen LogP contribution in [0.3, 0.4) is 0 Å². The van der Waals surface area contributed by atoms with Crippen LogP contribution >= 0.6 is 0 Å². The lowest BCUT2D eigenvalue weighted by Gasteiger charge is -2.25. The van der Waals surface area contributed by atoms with Crippen LogP contribution in [0.2, 0.25) is 0 Å². The van der Waals surface area contributed by atoms with Crippen molar-refractivity contribution in [3.05, 3.63) is 163 Å². The molecule has 0 unspecified atom stereocenters. The fourth-order valence-corrected chi connectivity index (χ4v) is 7.33. The first-order valence-corrected chi connectivity index (χ1v) is 15.6. The van der Waals surface area contributed by atoms with Crippen molar-refractivity contribution in [3.63, 3.8) is 0 Å². The Bertz CT molecular complexity index is 2400. The molecule has 1 aromatic heterocycles. The normalized spacial score (nSPS) is 13.3. The van der Waals surface area contributed by atoms with Gasteiger partial charge in [-0.15, -0.1) is 0 Å². The smallest absolute Gasteiger partial charge is 0.159 e. The molecule has 8 aromatic rings. The average Bonchev–Trinajstić information content (AvgIpc) is 3.57. The molecule has 2 nitrogen and oxygen atoms in total. The van der Waals surface area contributed by atoms with E-state index in [1.165, 1.54) is 44.2 Å². The number of benzene rings is 7. The van der Waals surface area contributed by atoms with E-state index < -0.39 is 0 Å². The molecule has 1 aliphatic carbocycles. The summed E-state index contributed by atoms with van der Waals surface area (Å²) in [4.78, 5) is 2.31. The molecule has 2 heteroatoms. The van der Waals surface area contributed by atoms with Gasteiger partial charge in [0.2, 0.25) is 0 Å². The number of para-hydroxylation sites is 2. The molecule has 9 rings (SSSR count). The second-order valence-corrected chi connectivity index (χ2v) is 12.6. The van der Waals surface area contributed by atoms with Crippen LogP contribution in [0.25, 0.3) is 55.0 Å². The van der Waals surface area contributed by atoms with Crippen molar-refractivity contribution < 1.29 is 4.42 Å². The lowest BCUT2D eigenvalue weighted by atomic mass is 9.82. The van der Waals surface area contributed by atoms with Crippen molar-refractivity contribution in [1.82, 2.24) is 0 Å². The standard InChI is InChI=1S/C43H31NO/c1-43(2)38-17-9-8-15-34(38)36-27-41-37(26-39(36)43)35-16-10-18-40(42(35)45-41)44(32-13-4-3-5-14-32)33-23-21-29(22-24-33)31-20-19-28-11-6-7-12-30(28)25-31/h3-27H,1-2H3. The summed E-state index contributed by atoms with van der Waals surface area (Å²) in [6.07, 6.45) is 0. The molecule has 0 N–H and O–H groups in total. The third-order valence-corrected chi connectivity index (χ3v) is 9.64. The number of hydrogen-bond donors (Lipinski definition) is 0. The lowest BCUT2D eigenvalue weighted by molar-refractivity contribution is 0.658. The summed E-state index contributed by atoms with van der Waals surface area (Å²) in [5.41, 5.74) is 12.6. The van der Waals surface area contributed by atoms with Crippen LogP contribution in [-0.4, -0.2) is 0 Å². The van der Waals surface area contributed by atoms with Crippen LogP contribution in [0, 0.1) is 0 Å². The highest BCUT2D eigenvalue weighted by Gasteiger charge is 2.36. The van der Waals surface area contributed by atoms with E-state index in [1.54, 1.807) is 0 Å². The summed E-state index contributed by atoms with van der Waals surface area (Å²) in [5.74, 6) is 0. The van der Waals surface area contributed by atoms with Crippen molar-refractivity contribution in [2.45, 2.75) is 19.3 Å². The number of rotatable bonds is 4. The molecule has 0 bridgehead atoms. The fraction of sp³-hybridized carbons (Fsp3) is 0.0698. The zero-order chi connectivity index (χ0) is 30.1. The average molecular weight is 578 g/mol. The van der Waals surface area contributed by atoms with E-state index in [1.807, 2.05) is 0 Å². The van der Waals surface area contributed by atoms with Crippen molar-refractivity contribution >= 4 is 49.8 Å². The molecule has 0 spiro atoms. The Hall–Kier alpha value is -5.60. The van der Waals surface area contributed by atoms with Crippen LogP contribution in [0.4, 0.5) is 17.1 Å². The third-order valence-electron chi connectivity index (χ3n) is 9.64. The SMILES string of the molecule is CC1(C)c2ccccc2-c2cc3oc4c(N(c5ccccc5)c5ccc(-c6ccc7ccccc7c6)cc5)cccc4c3cc21. The maximum absolute atomic E-state index is 6.81. The summed E-state index contributed by atoms with van der Waals surface area (Å²) >= 11 is 0.